The summed E-state index contributed by atoms with van der Waals surface area (Å²) >= 11 is 0. The van der Waals surface area contributed by atoms with Crippen molar-refractivity contribution in [3.63, 3.8) is 0 Å². The molecule has 1 aromatic carbocycles. The number of fused-ring (bicyclic) bond motifs is 2. The first-order valence-electron chi connectivity index (χ1n) is 7.98. The average molecular weight is 316 g/mol. The zero-order valence-electron chi connectivity index (χ0n) is 13.8. The molecule has 1 unspecified atom stereocenters. The molecule has 1 aliphatic heterocycles. The van der Waals surface area contributed by atoms with E-state index < -0.39 is 13.9 Å². The molecule has 0 aromatic heterocycles. The maximum absolute atomic E-state index is 10.7. The number of ether oxygens (including phenoxy) is 2. The minimum absolute atomic E-state index is 0.0407. The van der Waals surface area contributed by atoms with Crippen molar-refractivity contribution in [1.82, 2.24) is 0 Å². The van der Waals surface area contributed by atoms with Gasteiger partial charge < -0.3 is 14.6 Å². The van der Waals surface area contributed by atoms with Crippen LogP contribution in [0.1, 0.15) is 36.0 Å². The fraction of sp³-hybridized carbons (Fsp3) is 0.556. The molecule has 0 amide bonds. The molecule has 4 heteroatoms. The van der Waals surface area contributed by atoms with E-state index in [0.717, 1.165) is 29.5 Å². The minimum Gasteiger partial charge on any atom is -0.507 e. The number of phenols is 1. The molecule has 1 N–H and O–H groups in total. The van der Waals surface area contributed by atoms with Crippen molar-refractivity contribution in [3.8, 4) is 17.2 Å². The number of hydrogen-bond acceptors (Lipinski definition) is 3. The number of hydrogen-bond donors (Lipinski definition) is 1. The Labute approximate surface area is 133 Å². The summed E-state index contributed by atoms with van der Waals surface area (Å²) in [6.45, 7) is 10.00. The van der Waals surface area contributed by atoms with Crippen LogP contribution in [-0.4, -0.2) is 26.4 Å². The smallest absolute Gasteiger partial charge is 0.195 e. The molecule has 0 saturated carbocycles. The summed E-state index contributed by atoms with van der Waals surface area (Å²) in [6.07, 6.45) is 1.58. The van der Waals surface area contributed by atoms with Crippen molar-refractivity contribution in [3.05, 3.63) is 28.8 Å². The highest BCUT2D eigenvalue weighted by molar-refractivity contribution is 6.83. The van der Waals surface area contributed by atoms with E-state index in [1.807, 2.05) is 6.07 Å². The number of benzene rings is 1. The number of rotatable bonds is 1. The van der Waals surface area contributed by atoms with E-state index >= 15 is 0 Å². The van der Waals surface area contributed by atoms with Crippen molar-refractivity contribution in [1.29, 1.82) is 0 Å². The number of phenolic OH excluding ortho intramolecular Hbond substituents is 1. The molecule has 1 saturated heterocycles. The summed E-state index contributed by atoms with van der Waals surface area (Å²) in [4.78, 5) is 0. The lowest BCUT2D eigenvalue weighted by atomic mass is 9.95. The highest BCUT2D eigenvalue weighted by Gasteiger charge is 2.45. The molecule has 1 fully saturated rings. The Morgan fingerprint density at radius 1 is 1.23 bits per heavy atom. The molecule has 22 heavy (non-hydrogen) atoms. The van der Waals surface area contributed by atoms with Crippen LogP contribution >= 0.6 is 0 Å². The van der Waals surface area contributed by atoms with Crippen LogP contribution < -0.4 is 0 Å². The Kier molecular flexibility index (Phi) is 3.84. The summed E-state index contributed by atoms with van der Waals surface area (Å²) in [7, 11) is -1.40. The second-order valence-electron chi connectivity index (χ2n) is 7.22. The van der Waals surface area contributed by atoms with E-state index in [0.29, 0.717) is 19.0 Å². The zero-order valence-corrected chi connectivity index (χ0v) is 14.8. The predicted octanol–water partition coefficient (Wildman–Crippen LogP) is 3.52. The topological polar surface area (TPSA) is 38.7 Å². The third kappa shape index (κ3) is 2.69. The van der Waals surface area contributed by atoms with Gasteiger partial charge in [-0.2, -0.15) is 0 Å². The van der Waals surface area contributed by atoms with E-state index in [9.17, 15) is 5.11 Å². The molecule has 1 aliphatic carbocycles. The standard InChI is InChI=1S/C18H24O3Si/c1-13(8-12-22(2,3)4)14-5-6-16-15(17(14)19)7-9-18(16)20-10-11-21-18/h5-6,13,19H,7,9-11H2,1-4H3. The van der Waals surface area contributed by atoms with Gasteiger partial charge in [0, 0.05) is 29.0 Å². The fourth-order valence-electron chi connectivity index (χ4n) is 3.20. The van der Waals surface area contributed by atoms with E-state index in [1.54, 1.807) is 0 Å². The van der Waals surface area contributed by atoms with Gasteiger partial charge in [0.15, 0.2) is 5.79 Å². The second-order valence-corrected chi connectivity index (χ2v) is 12.0. The Hall–Kier alpha value is -1.28. The van der Waals surface area contributed by atoms with Crippen molar-refractivity contribution in [2.75, 3.05) is 13.2 Å². The maximum Gasteiger partial charge on any atom is 0.195 e. The Morgan fingerprint density at radius 3 is 2.55 bits per heavy atom. The molecule has 2 aliphatic rings. The normalized spacial score (nSPS) is 20.5. The molecular weight excluding hydrogens is 292 g/mol. The van der Waals surface area contributed by atoms with Gasteiger partial charge in [-0.05, 0) is 13.3 Å². The minimum atomic E-state index is -1.40. The van der Waals surface area contributed by atoms with Crippen LogP contribution in [0.3, 0.4) is 0 Å². The van der Waals surface area contributed by atoms with Crippen molar-refractivity contribution in [2.24, 2.45) is 0 Å². The molecule has 0 bridgehead atoms. The highest BCUT2D eigenvalue weighted by atomic mass is 28.3. The summed E-state index contributed by atoms with van der Waals surface area (Å²) in [6, 6.07) is 4.03. The monoisotopic (exact) mass is 316 g/mol. The first-order valence-corrected chi connectivity index (χ1v) is 11.5. The second kappa shape index (κ2) is 5.41. The molecule has 3 rings (SSSR count). The summed E-state index contributed by atoms with van der Waals surface area (Å²) in [5.41, 5.74) is 6.28. The Morgan fingerprint density at radius 2 is 1.91 bits per heavy atom. The van der Waals surface area contributed by atoms with Crippen LogP contribution in [0.15, 0.2) is 12.1 Å². The lowest BCUT2D eigenvalue weighted by Crippen LogP contribution is -2.23. The van der Waals surface area contributed by atoms with Crippen LogP contribution in [0.25, 0.3) is 0 Å². The van der Waals surface area contributed by atoms with E-state index in [4.69, 9.17) is 9.47 Å². The molecule has 3 nitrogen and oxygen atoms in total. The van der Waals surface area contributed by atoms with E-state index in [-0.39, 0.29) is 5.92 Å². The zero-order chi connectivity index (χ0) is 16.0. The molecule has 1 atom stereocenters. The van der Waals surface area contributed by atoms with Gasteiger partial charge in [-0.25, -0.2) is 0 Å². The lowest BCUT2D eigenvalue weighted by Gasteiger charge is -2.23. The van der Waals surface area contributed by atoms with Gasteiger partial charge in [0.1, 0.15) is 13.8 Å². The van der Waals surface area contributed by atoms with Gasteiger partial charge in [-0.3, -0.25) is 0 Å². The number of aromatic hydroxyl groups is 1. The van der Waals surface area contributed by atoms with Crippen molar-refractivity contribution < 1.29 is 14.6 Å². The molecule has 0 radical (unpaired) electrons. The molecule has 118 valence electrons. The van der Waals surface area contributed by atoms with Crippen LogP contribution in [0.4, 0.5) is 0 Å². The van der Waals surface area contributed by atoms with Crippen LogP contribution in [-0.2, 0) is 21.7 Å². The largest absolute Gasteiger partial charge is 0.507 e. The van der Waals surface area contributed by atoms with Gasteiger partial charge >= 0.3 is 0 Å². The third-order valence-electron chi connectivity index (χ3n) is 4.31. The first kappa shape index (κ1) is 15.6. The summed E-state index contributed by atoms with van der Waals surface area (Å²) < 4.78 is 11.6. The summed E-state index contributed by atoms with van der Waals surface area (Å²) in [5, 5.41) is 10.7. The van der Waals surface area contributed by atoms with Gasteiger partial charge in [-0.15, -0.1) is 11.5 Å². The highest BCUT2D eigenvalue weighted by Crippen LogP contribution is 2.48. The van der Waals surface area contributed by atoms with Gasteiger partial charge in [0.2, 0.25) is 0 Å². The van der Waals surface area contributed by atoms with E-state index in [2.05, 4.69) is 44.1 Å². The molecular formula is C18H24O3Si. The molecule has 1 aromatic rings. The maximum atomic E-state index is 10.7. The lowest BCUT2D eigenvalue weighted by molar-refractivity contribution is -0.163. The molecule has 1 heterocycles. The Balaban J connectivity index is 1.95. The predicted molar refractivity (Wildman–Crippen MR) is 89.5 cm³/mol. The van der Waals surface area contributed by atoms with Gasteiger partial charge in [0.25, 0.3) is 0 Å². The van der Waals surface area contributed by atoms with Crippen LogP contribution in [0.2, 0.25) is 19.6 Å². The summed E-state index contributed by atoms with van der Waals surface area (Å²) in [5.74, 6) is 3.13. The molecule has 1 spiro atoms. The Bertz CT molecular complexity index is 643. The van der Waals surface area contributed by atoms with E-state index in [1.165, 1.54) is 0 Å². The average Bonchev–Trinajstić information content (AvgIpc) is 3.06. The van der Waals surface area contributed by atoms with Crippen LogP contribution in [0, 0.1) is 11.5 Å². The van der Waals surface area contributed by atoms with Crippen molar-refractivity contribution in [2.45, 2.75) is 51.1 Å². The van der Waals surface area contributed by atoms with Gasteiger partial charge in [0.05, 0.1) is 13.2 Å². The fourth-order valence-corrected chi connectivity index (χ4v) is 3.84. The van der Waals surface area contributed by atoms with Crippen molar-refractivity contribution >= 4 is 8.07 Å². The third-order valence-corrected chi connectivity index (χ3v) is 5.21. The first-order chi connectivity index (χ1) is 10.3. The SMILES string of the molecule is CC(C#C[Si](C)(C)C)c1ccc2c(c1O)CCC21OCCO1. The quantitative estimate of drug-likeness (QED) is 0.636. The van der Waals surface area contributed by atoms with Gasteiger partial charge in [-0.1, -0.05) is 31.8 Å². The van der Waals surface area contributed by atoms with Crippen LogP contribution in [0.5, 0.6) is 5.75 Å².